The second-order valence-corrected chi connectivity index (χ2v) is 10.8. The van der Waals surface area contributed by atoms with Gasteiger partial charge < -0.3 is 44.1 Å². The summed E-state index contributed by atoms with van der Waals surface area (Å²) in [5, 5.41) is 37.7. The van der Waals surface area contributed by atoms with Crippen LogP contribution >= 0.6 is 7.60 Å². The summed E-state index contributed by atoms with van der Waals surface area (Å²) in [4.78, 5) is 29.5. The normalized spacial score (nSPS) is 23.4. The fourth-order valence-corrected chi connectivity index (χ4v) is 4.16. The first kappa shape index (κ1) is 34.8. The van der Waals surface area contributed by atoms with Crippen LogP contribution in [0.4, 0.5) is 26.3 Å². The van der Waals surface area contributed by atoms with Gasteiger partial charge in [0.25, 0.3) is 0 Å². The van der Waals surface area contributed by atoms with E-state index >= 15 is 0 Å². The van der Waals surface area contributed by atoms with Gasteiger partial charge in [0.05, 0.1) is 44.6 Å². The number of aliphatic hydroxyl groups is 3. The van der Waals surface area contributed by atoms with Crippen LogP contribution in [0.3, 0.4) is 0 Å². The molecule has 0 spiro atoms. The van der Waals surface area contributed by atoms with Gasteiger partial charge in [0.1, 0.15) is 18.3 Å². The van der Waals surface area contributed by atoms with Crippen molar-refractivity contribution >= 4 is 13.6 Å². The number of esters is 1. The minimum atomic E-state index is -5.15. The van der Waals surface area contributed by atoms with Gasteiger partial charge in [0.15, 0.2) is 6.29 Å². The van der Waals surface area contributed by atoms with Crippen LogP contribution in [0.2, 0.25) is 0 Å². The van der Waals surface area contributed by atoms with Crippen molar-refractivity contribution in [3.8, 4) is 5.75 Å². The molecule has 5 N–H and O–H groups in total. The molecule has 21 heteroatoms. The molecule has 242 valence electrons. The second kappa shape index (κ2) is 14.9. The number of nitrogens with zero attached hydrogens (tertiary/aromatic N) is 3. The van der Waals surface area contributed by atoms with Crippen molar-refractivity contribution in [2.45, 2.75) is 62.4 Å². The van der Waals surface area contributed by atoms with Gasteiger partial charge in [-0.25, -0.2) is 22.2 Å². The molecular formula is C22H26F6N3O11P. The molecule has 1 aromatic carbocycles. The molecule has 0 bridgehead atoms. The van der Waals surface area contributed by atoms with Gasteiger partial charge in [0.2, 0.25) is 40.7 Å². The van der Waals surface area contributed by atoms with Crippen LogP contribution in [-0.4, -0.2) is 103 Å². The number of alkyl halides is 1. The molecule has 14 nitrogen and oxygen atoms in total. The topological polar surface area (TPSA) is 203 Å². The average Bonchev–Trinajstić information content (AvgIpc) is 3.41. The Morgan fingerprint density at radius 3 is 2.23 bits per heavy atom. The molecule has 6 atom stereocenters. The number of hydrogen-bond acceptors (Lipinski definition) is 11. The van der Waals surface area contributed by atoms with E-state index in [1.165, 1.54) is 10.9 Å². The number of aromatic nitrogens is 3. The summed E-state index contributed by atoms with van der Waals surface area (Å²) < 4.78 is 113. The highest BCUT2D eigenvalue weighted by molar-refractivity contribution is 7.52. The predicted molar refractivity (Wildman–Crippen MR) is 125 cm³/mol. The summed E-state index contributed by atoms with van der Waals surface area (Å²) in [6.07, 6.45) is -8.66. The number of ether oxygens (including phenoxy) is 4. The smallest absolute Gasteiger partial charge is 0.359 e. The Labute approximate surface area is 237 Å². The molecular weight excluding hydrogens is 627 g/mol. The van der Waals surface area contributed by atoms with E-state index in [-0.39, 0.29) is 32.8 Å². The largest absolute Gasteiger partial charge is 0.420 e. The van der Waals surface area contributed by atoms with Gasteiger partial charge in [-0.2, -0.15) is 8.78 Å². The third kappa shape index (κ3) is 8.93. The van der Waals surface area contributed by atoms with Crippen molar-refractivity contribution < 1.29 is 79.8 Å². The van der Waals surface area contributed by atoms with Gasteiger partial charge in [-0.1, -0.05) is 5.21 Å². The maximum atomic E-state index is 13.8. The van der Waals surface area contributed by atoms with E-state index in [1.54, 1.807) is 0 Å². The molecule has 2 heterocycles. The van der Waals surface area contributed by atoms with Crippen LogP contribution in [0, 0.1) is 29.1 Å². The van der Waals surface area contributed by atoms with Gasteiger partial charge >= 0.3 is 13.6 Å². The molecule has 0 amide bonds. The van der Waals surface area contributed by atoms with E-state index in [2.05, 4.69) is 15.0 Å². The van der Waals surface area contributed by atoms with Crippen molar-refractivity contribution in [3.05, 3.63) is 41.0 Å². The molecule has 0 radical (unpaired) electrons. The third-order valence-electron chi connectivity index (χ3n) is 5.99. The van der Waals surface area contributed by atoms with Crippen molar-refractivity contribution in [2.24, 2.45) is 0 Å². The quantitative estimate of drug-likeness (QED) is 0.0353. The lowest BCUT2D eigenvalue weighted by Crippen LogP contribution is -2.58. The van der Waals surface area contributed by atoms with Gasteiger partial charge in [-0.3, -0.25) is 9.36 Å². The van der Waals surface area contributed by atoms with E-state index < -0.39 is 97.9 Å². The van der Waals surface area contributed by atoms with Crippen molar-refractivity contribution in [2.75, 3.05) is 19.8 Å². The lowest BCUT2D eigenvalue weighted by atomic mass is 9.97. The molecule has 1 aliphatic rings. The fraction of sp³-hybridized carbons (Fsp3) is 0.591. The van der Waals surface area contributed by atoms with Crippen LogP contribution in [0.15, 0.2) is 6.20 Å². The van der Waals surface area contributed by atoms with Crippen molar-refractivity contribution in [1.82, 2.24) is 15.0 Å². The molecule has 3 rings (SSSR count). The van der Waals surface area contributed by atoms with E-state index in [0.717, 1.165) is 0 Å². The highest BCUT2D eigenvalue weighted by atomic mass is 31.2. The number of benzene rings is 1. The van der Waals surface area contributed by atoms with Crippen LogP contribution in [0.25, 0.3) is 0 Å². The average molecular weight is 653 g/mol. The van der Waals surface area contributed by atoms with Gasteiger partial charge in [0, 0.05) is 19.0 Å². The molecule has 43 heavy (non-hydrogen) atoms. The number of aliphatic hydroxyl groups excluding tert-OH is 3. The monoisotopic (exact) mass is 653 g/mol. The Hall–Kier alpha value is -2.68. The summed E-state index contributed by atoms with van der Waals surface area (Å²) in [5.74, 6) is -17.3. The molecule has 1 fully saturated rings. The summed E-state index contributed by atoms with van der Waals surface area (Å²) >= 11 is 0. The second-order valence-electron chi connectivity index (χ2n) is 9.10. The van der Waals surface area contributed by atoms with Crippen LogP contribution in [-0.2, 0) is 36.5 Å². The minimum absolute atomic E-state index is 0.0526. The number of carbonyl (C=O) groups excluding carboxylic acids is 1. The number of rotatable bonds is 14. The molecule has 1 aromatic heterocycles. The highest BCUT2D eigenvalue weighted by Crippen LogP contribution is 2.45. The Morgan fingerprint density at radius 1 is 0.977 bits per heavy atom. The first-order chi connectivity index (χ1) is 20.1. The van der Waals surface area contributed by atoms with Crippen LogP contribution in [0.1, 0.15) is 18.5 Å². The number of halogens is 6. The Balaban J connectivity index is 1.38. The Morgan fingerprint density at radius 2 is 1.60 bits per heavy atom. The molecule has 1 saturated heterocycles. The number of hydrogen-bond donors (Lipinski definition) is 5. The zero-order chi connectivity index (χ0) is 32.1. The lowest BCUT2D eigenvalue weighted by Gasteiger charge is -2.40. The highest BCUT2D eigenvalue weighted by Gasteiger charge is 2.46. The zero-order valence-corrected chi connectivity index (χ0v) is 22.6. The van der Waals surface area contributed by atoms with E-state index in [0.29, 0.717) is 5.69 Å². The van der Waals surface area contributed by atoms with Crippen LogP contribution in [0.5, 0.6) is 5.75 Å². The van der Waals surface area contributed by atoms with Crippen molar-refractivity contribution in [1.29, 1.82) is 0 Å². The predicted octanol–water partition coefficient (Wildman–Crippen LogP) is 0.216. The molecule has 0 saturated carbocycles. The maximum Gasteiger partial charge on any atom is 0.359 e. The molecule has 0 aliphatic carbocycles. The van der Waals surface area contributed by atoms with E-state index in [4.69, 9.17) is 24.0 Å². The summed E-state index contributed by atoms with van der Waals surface area (Å²) in [6.45, 7) is -0.481. The molecule has 1 aliphatic heterocycles. The SMILES string of the molecule is O=C(CCOCCn1cc(CCO[C@H]2O[C@H](CC(F)P(=O)(O)O)[C@@H](O)[C@H](O)[C@@H]2O)nn1)Oc1c(F)c(F)c(F)c(F)c1F. The molecule has 1 unspecified atom stereocenters. The summed E-state index contributed by atoms with van der Waals surface area (Å²) in [6, 6.07) is 0. The van der Waals surface area contributed by atoms with Gasteiger partial charge in [-0.15, -0.1) is 5.10 Å². The molecule has 2 aromatic rings. The first-order valence-corrected chi connectivity index (χ1v) is 14.0. The third-order valence-corrected chi connectivity index (χ3v) is 6.93. The minimum Gasteiger partial charge on any atom is -0.420 e. The zero-order valence-electron chi connectivity index (χ0n) is 21.7. The van der Waals surface area contributed by atoms with E-state index in [1.807, 2.05) is 0 Å². The number of carbonyl (C=O) groups is 1. The Kier molecular flexibility index (Phi) is 12.0. The fourth-order valence-electron chi connectivity index (χ4n) is 3.67. The first-order valence-electron chi connectivity index (χ1n) is 12.3. The van der Waals surface area contributed by atoms with Crippen LogP contribution < -0.4 is 4.74 Å². The summed E-state index contributed by atoms with van der Waals surface area (Å²) in [7, 11) is -5.15. The summed E-state index contributed by atoms with van der Waals surface area (Å²) in [5.41, 5.74) is 0.360. The Bertz CT molecular complexity index is 1290. The van der Waals surface area contributed by atoms with Gasteiger partial charge in [-0.05, 0) is 0 Å². The van der Waals surface area contributed by atoms with E-state index in [9.17, 15) is 51.0 Å². The standard InChI is InChI=1S/C22H26F6N3O11P/c23-11(43(36,37)38)7-10-18(33)19(34)20(35)22(41-10)40-5-1-9-8-31(30-29-9)3-6-39-4-2-12(32)42-21-16(27)14(25)13(24)15(26)17(21)28/h8,10-11,18-20,22,33-35H,1-7H2,(H2,36,37,38)/t10-,11?,18-,19+,20+,22+/m1/s1. The lowest BCUT2D eigenvalue weighted by molar-refractivity contribution is -0.298. The van der Waals surface area contributed by atoms with Crippen molar-refractivity contribution in [3.63, 3.8) is 0 Å². The maximum absolute atomic E-state index is 13.8.